The molecule has 0 aliphatic rings. The average Bonchev–Trinajstić information content (AvgIpc) is 2.15. The Morgan fingerprint density at radius 1 is 1.18 bits per heavy atom. The number of carbonyl (C=O) groups excluding carboxylic acids is 1. The molecule has 0 radical (unpaired) electrons. The average molecular weight is 246 g/mol. The number of carboxylic acids is 1. The smallest absolute Gasteiger partial charge is 0.316 e. The van der Waals surface area contributed by atoms with Crippen LogP contribution in [0.3, 0.4) is 0 Å². The quantitative estimate of drug-likeness (QED) is 0.442. The van der Waals surface area contributed by atoms with Gasteiger partial charge < -0.3 is 21.7 Å². The molecule has 17 heavy (non-hydrogen) atoms. The van der Waals surface area contributed by atoms with Gasteiger partial charge in [-0.05, 0) is 19.3 Å². The van der Waals surface area contributed by atoms with E-state index >= 15 is 0 Å². The van der Waals surface area contributed by atoms with Crippen LogP contribution in [0.2, 0.25) is 0 Å². The van der Waals surface area contributed by atoms with Crippen molar-refractivity contribution in [2.24, 2.45) is 23.3 Å². The van der Waals surface area contributed by atoms with Gasteiger partial charge in [0.2, 0.25) is 0 Å². The lowest BCUT2D eigenvalue weighted by Crippen LogP contribution is -2.50. The largest absolute Gasteiger partial charge is 0.481 e. The third-order valence-electron chi connectivity index (χ3n) is 2.55. The van der Waals surface area contributed by atoms with Gasteiger partial charge in [0.15, 0.2) is 5.78 Å². The van der Waals surface area contributed by atoms with Gasteiger partial charge in [-0.15, -0.1) is 0 Å². The molecular weight excluding hydrogens is 224 g/mol. The van der Waals surface area contributed by atoms with E-state index in [0.29, 0.717) is 6.42 Å². The van der Waals surface area contributed by atoms with Crippen LogP contribution < -0.4 is 11.5 Å². The van der Waals surface area contributed by atoms with Crippen LogP contribution >= 0.6 is 0 Å². The van der Waals surface area contributed by atoms with E-state index in [9.17, 15) is 14.7 Å². The van der Waals surface area contributed by atoms with Gasteiger partial charge >= 0.3 is 5.97 Å². The highest BCUT2D eigenvalue weighted by atomic mass is 16.4. The topological polar surface area (TPSA) is 127 Å². The predicted molar refractivity (Wildman–Crippen MR) is 63.2 cm³/mol. The van der Waals surface area contributed by atoms with Crippen LogP contribution in [0.4, 0.5) is 0 Å². The van der Waals surface area contributed by atoms with Gasteiger partial charge in [-0.25, -0.2) is 0 Å². The monoisotopic (exact) mass is 246 g/mol. The van der Waals surface area contributed by atoms with E-state index in [1.807, 2.05) is 13.8 Å². The fraction of sp³-hybridized carbons (Fsp3) is 0.818. The first-order valence-corrected chi connectivity index (χ1v) is 5.64. The molecule has 0 rings (SSSR count). The van der Waals surface area contributed by atoms with Crippen LogP contribution in [0, 0.1) is 11.8 Å². The highest BCUT2D eigenvalue weighted by Crippen LogP contribution is 2.15. The molecule has 0 aromatic heterocycles. The fourth-order valence-electron chi connectivity index (χ4n) is 1.65. The Balaban J connectivity index is 4.83. The van der Waals surface area contributed by atoms with Gasteiger partial charge in [0.05, 0.1) is 12.1 Å². The van der Waals surface area contributed by atoms with Crippen molar-refractivity contribution in [1.82, 2.24) is 0 Å². The predicted octanol–water partition coefficient (Wildman–Crippen LogP) is -0.662. The molecule has 0 fully saturated rings. The van der Waals surface area contributed by atoms with Crippen molar-refractivity contribution in [3.8, 4) is 0 Å². The van der Waals surface area contributed by atoms with E-state index in [1.54, 1.807) is 0 Å². The van der Waals surface area contributed by atoms with Crippen LogP contribution in [0.5, 0.6) is 0 Å². The Bertz CT molecular complexity index is 279. The minimum absolute atomic E-state index is 0.208. The van der Waals surface area contributed by atoms with Crippen molar-refractivity contribution in [2.75, 3.05) is 0 Å². The number of aliphatic hydroxyl groups excluding tert-OH is 1. The lowest BCUT2D eigenvalue weighted by Gasteiger charge is -2.25. The zero-order chi connectivity index (χ0) is 13.7. The summed E-state index contributed by atoms with van der Waals surface area (Å²) in [6, 6.07) is -1.68. The summed E-state index contributed by atoms with van der Waals surface area (Å²) in [6.07, 6.45) is -0.967. The summed E-state index contributed by atoms with van der Waals surface area (Å²) in [7, 11) is 0. The van der Waals surface area contributed by atoms with E-state index in [-0.39, 0.29) is 5.92 Å². The molecule has 0 saturated heterocycles. The molecule has 0 aliphatic carbocycles. The molecule has 0 saturated carbocycles. The third-order valence-corrected chi connectivity index (χ3v) is 2.55. The number of aliphatic hydroxyl groups is 1. The van der Waals surface area contributed by atoms with E-state index in [0.717, 1.165) is 0 Å². The Labute approximate surface area is 101 Å². The maximum absolute atomic E-state index is 11.6. The number of carboxylic acid groups (broad SMARTS) is 1. The van der Waals surface area contributed by atoms with Crippen LogP contribution in [0.15, 0.2) is 0 Å². The molecule has 0 bridgehead atoms. The SMILES string of the molecule is CC(C)CC(N)C(O)C(C(=O)O)C(=O)[C@H](C)N. The zero-order valence-corrected chi connectivity index (χ0v) is 10.5. The normalized spacial score (nSPS) is 18.5. The lowest BCUT2D eigenvalue weighted by atomic mass is 9.86. The maximum Gasteiger partial charge on any atom is 0.316 e. The Morgan fingerprint density at radius 3 is 1.94 bits per heavy atom. The van der Waals surface area contributed by atoms with Gasteiger partial charge in [0, 0.05) is 6.04 Å². The van der Waals surface area contributed by atoms with Crippen molar-refractivity contribution in [2.45, 2.75) is 45.4 Å². The van der Waals surface area contributed by atoms with Gasteiger partial charge in [-0.2, -0.15) is 0 Å². The third kappa shape index (κ3) is 4.80. The van der Waals surface area contributed by atoms with Crippen LogP contribution in [0.25, 0.3) is 0 Å². The molecule has 6 N–H and O–H groups in total. The van der Waals surface area contributed by atoms with Crippen molar-refractivity contribution < 1.29 is 19.8 Å². The first-order chi connectivity index (χ1) is 7.68. The van der Waals surface area contributed by atoms with E-state index < -0.39 is 35.9 Å². The Hall–Kier alpha value is -0.980. The van der Waals surface area contributed by atoms with Crippen molar-refractivity contribution in [1.29, 1.82) is 0 Å². The number of hydrogen-bond donors (Lipinski definition) is 4. The van der Waals surface area contributed by atoms with Crippen molar-refractivity contribution in [3.63, 3.8) is 0 Å². The number of aliphatic carboxylic acids is 1. The molecule has 3 unspecified atom stereocenters. The van der Waals surface area contributed by atoms with Crippen LogP contribution in [-0.4, -0.2) is 40.2 Å². The highest BCUT2D eigenvalue weighted by Gasteiger charge is 2.38. The molecule has 6 nitrogen and oxygen atoms in total. The second-order valence-electron chi connectivity index (χ2n) is 4.79. The van der Waals surface area contributed by atoms with E-state index in [1.165, 1.54) is 6.92 Å². The number of rotatable bonds is 7. The first-order valence-electron chi connectivity index (χ1n) is 5.64. The Morgan fingerprint density at radius 2 is 1.65 bits per heavy atom. The molecule has 100 valence electrons. The van der Waals surface area contributed by atoms with Gasteiger partial charge in [-0.3, -0.25) is 9.59 Å². The molecule has 0 aromatic carbocycles. The van der Waals surface area contributed by atoms with E-state index in [4.69, 9.17) is 16.6 Å². The minimum Gasteiger partial charge on any atom is -0.481 e. The number of hydrogen-bond acceptors (Lipinski definition) is 5. The molecule has 4 atom stereocenters. The first kappa shape index (κ1) is 16.0. The summed E-state index contributed by atoms with van der Waals surface area (Å²) in [5.41, 5.74) is 11.0. The second kappa shape index (κ2) is 6.68. The standard InChI is InChI=1S/C11H22N2O4/c1-5(2)4-7(13)10(15)8(11(16)17)9(14)6(3)12/h5-8,10,15H,4,12-13H2,1-3H3,(H,16,17)/t6-,7?,8?,10?/m0/s1. The van der Waals surface area contributed by atoms with Gasteiger partial charge in [-0.1, -0.05) is 13.8 Å². The number of ketones is 1. The van der Waals surface area contributed by atoms with Gasteiger partial charge in [0.1, 0.15) is 5.92 Å². The van der Waals surface area contributed by atoms with Crippen LogP contribution in [-0.2, 0) is 9.59 Å². The highest BCUT2D eigenvalue weighted by molar-refractivity contribution is 6.01. The van der Waals surface area contributed by atoms with Gasteiger partial charge in [0.25, 0.3) is 0 Å². The Kier molecular flexibility index (Phi) is 6.30. The number of Topliss-reactive ketones (excluding diaryl/α,β-unsaturated/α-hetero) is 1. The molecule has 6 heteroatoms. The summed E-state index contributed by atoms with van der Waals surface area (Å²) < 4.78 is 0. The summed E-state index contributed by atoms with van der Waals surface area (Å²) >= 11 is 0. The molecule has 0 heterocycles. The summed E-state index contributed by atoms with van der Waals surface area (Å²) in [5.74, 6) is -3.44. The molecule has 0 amide bonds. The molecule has 0 aliphatic heterocycles. The number of nitrogens with two attached hydrogens (primary N) is 2. The number of carbonyl (C=O) groups is 2. The second-order valence-corrected chi connectivity index (χ2v) is 4.79. The minimum atomic E-state index is -1.55. The zero-order valence-electron chi connectivity index (χ0n) is 10.5. The lowest BCUT2D eigenvalue weighted by molar-refractivity contribution is -0.152. The van der Waals surface area contributed by atoms with E-state index in [2.05, 4.69) is 0 Å². The van der Waals surface area contributed by atoms with Crippen molar-refractivity contribution >= 4 is 11.8 Å². The maximum atomic E-state index is 11.6. The fourth-order valence-corrected chi connectivity index (χ4v) is 1.65. The summed E-state index contributed by atoms with van der Waals surface area (Å²) in [5, 5.41) is 18.8. The molecule has 0 spiro atoms. The molecular formula is C11H22N2O4. The van der Waals surface area contributed by atoms with Crippen molar-refractivity contribution in [3.05, 3.63) is 0 Å². The van der Waals surface area contributed by atoms with Crippen LogP contribution in [0.1, 0.15) is 27.2 Å². The summed E-state index contributed by atoms with van der Waals surface area (Å²) in [4.78, 5) is 22.6. The summed E-state index contributed by atoms with van der Waals surface area (Å²) in [6.45, 7) is 5.18. The molecule has 0 aromatic rings.